The molecule has 1 saturated carbocycles. The van der Waals surface area contributed by atoms with Crippen molar-refractivity contribution in [2.45, 2.75) is 30.3 Å². The molecule has 0 atom stereocenters. The number of carbonyl (C=O) groups is 1. The molecule has 3 rings (SSSR count). The van der Waals surface area contributed by atoms with E-state index in [0.717, 1.165) is 18.4 Å². The third-order valence-electron chi connectivity index (χ3n) is 4.71. The van der Waals surface area contributed by atoms with Gasteiger partial charge in [0.1, 0.15) is 4.90 Å². The van der Waals surface area contributed by atoms with Crippen LogP contribution in [-0.2, 0) is 21.4 Å². The number of methoxy groups -OCH3 is 3. The number of nitrogens with one attached hydrogen (secondary N) is 1. The largest absolute Gasteiger partial charge is 0.493 e. The zero-order valence-corrected chi connectivity index (χ0v) is 17.9. The number of sulfonamides is 1. The maximum Gasteiger partial charge on any atom is 0.245 e. The summed E-state index contributed by atoms with van der Waals surface area (Å²) < 4.78 is 43.0. The lowest BCUT2D eigenvalue weighted by Crippen LogP contribution is -2.41. The predicted octanol–water partition coefficient (Wildman–Crippen LogP) is 1.58. The topological polar surface area (TPSA) is 107 Å². The normalized spacial score (nSPS) is 13.7. The fourth-order valence-electron chi connectivity index (χ4n) is 3.04. The first-order chi connectivity index (χ1) is 14.4. The first-order valence-electron chi connectivity index (χ1n) is 9.38. The second-order valence-electron chi connectivity index (χ2n) is 6.78. The van der Waals surface area contributed by atoms with E-state index in [4.69, 9.17) is 14.2 Å². The Bertz CT molecular complexity index is 968. The Kier molecular flexibility index (Phi) is 6.78. The van der Waals surface area contributed by atoms with Gasteiger partial charge in [-0.25, -0.2) is 8.42 Å². The van der Waals surface area contributed by atoms with Crippen LogP contribution in [0.5, 0.6) is 17.2 Å². The molecule has 30 heavy (non-hydrogen) atoms. The molecule has 2 aromatic rings. The molecule has 1 aliphatic rings. The first-order valence-corrected chi connectivity index (χ1v) is 10.8. The van der Waals surface area contributed by atoms with Crippen LogP contribution in [0.25, 0.3) is 0 Å². The summed E-state index contributed by atoms with van der Waals surface area (Å²) >= 11 is 0. The van der Waals surface area contributed by atoms with Gasteiger partial charge in [0.15, 0.2) is 11.5 Å². The molecular weight excluding hydrogens is 410 g/mol. The molecule has 1 amide bonds. The van der Waals surface area contributed by atoms with Crippen molar-refractivity contribution in [3.05, 3.63) is 42.2 Å². The second kappa shape index (κ2) is 9.31. The van der Waals surface area contributed by atoms with Gasteiger partial charge in [0.2, 0.25) is 21.7 Å². The quantitative estimate of drug-likeness (QED) is 0.604. The summed E-state index contributed by atoms with van der Waals surface area (Å²) in [5.41, 5.74) is 0.728. The minimum atomic E-state index is -3.79. The van der Waals surface area contributed by atoms with E-state index in [1.807, 2.05) is 0 Å². The summed E-state index contributed by atoms with van der Waals surface area (Å²) in [4.78, 5) is 16.5. The van der Waals surface area contributed by atoms with Gasteiger partial charge in [-0.1, -0.05) is 0 Å². The molecule has 1 aliphatic carbocycles. The number of aromatic nitrogens is 1. The van der Waals surface area contributed by atoms with Gasteiger partial charge in [0.25, 0.3) is 0 Å². The Morgan fingerprint density at radius 2 is 1.83 bits per heavy atom. The van der Waals surface area contributed by atoms with Crippen LogP contribution < -0.4 is 19.5 Å². The van der Waals surface area contributed by atoms with Crippen molar-refractivity contribution >= 4 is 15.9 Å². The highest BCUT2D eigenvalue weighted by atomic mass is 32.2. The summed E-state index contributed by atoms with van der Waals surface area (Å²) in [5, 5.41) is 2.76. The molecule has 0 saturated heterocycles. The molecule has 0 aliphatic heterocycles. The van der Waals surface area contributed by atoms with Crippen LogP contribution in [0.15, 0.2) is 41.6 Å². The number of ether oxygens (including phenoxy) is 3. The van der Waals surface area contributed by atoms with Gasteiger partial charge < -0.3 is 19.5 Å². The molecule has 0 radical (unpaired) electrons. The molecule has 1 heterocycles. The second-order valence-corrected chi connectivity index (χ2v) is 8.67. The lowest BCUT2D eigenvalue weighted by atomic mass is 10.1. The fraction of sp³-hybridized carbons (Fsp3) is 0.400. The van der Waals surface area contributed by atoms with Crippen LogP contribution in [0.1, 0.15) is 18.4 Å². The van der Waals surface area contributed by atoms with Crippen molar-refractivity contribution in [2.24, 2.45) is 0 Å². The van der Waals surface area contributed by atoms with E-state index in [-0.39, 0.29) is 24.0 Å². The van der Waals surface area contributed by atoms with Crippen molar-refractivity contribution in [3.8, 4) is 17.2 Å². The SMILES string of the molecule is COc1cc(CNC(=O)CN(C2CC2)S(=O)(=O)c2cccnc2)cc(OC)c1OC. The van der Waals surface area contributed by atoms with Crippen LogP contribution >= 0.6 is 0 Å². The highest BCUT2D eigenvalue weighted by Gasteiger charge is 2.39. The van der Waals surface area contributed by atoms with E-state index in [1.54, 1.807) is 18.2 Å². The van der Waals surface area contributed by atoms with Crippen molar-refractivity contribution in [1.82, 2.24) is 14.6 Å². The average Bonchev–Trinajstić information content (AvgIpc) is 3.60. The molecule has 0 unspecified atom stereocenters. The third-order valence-corrected chi connectivity index (χ3v) is 6.59. The number of nitrogens with zero attached hydrogens (tertiary/aromatic N) is 2. The number of hydrogen-bond donors (Lipinski definition) is 1. The monoisotopic (exact) mass is 435 g/mol. The Balaban J connectivity index is 1.70. The summed E-state index contributed by atoms with van der Waals surface area (Å²) in [7, 11) is 0.739. The minimum absolute atomic E-state index is 0.0781. The summed E-state index contributed by atoms with van der Waals surface area (Å²) in [6.45, 7) is -0.0761. The van der Waals surface area contributed by atoms with Crippen LogP contribution in [0.3, 0.4) is 0 Å². The summed E-state index contributed by atoms with van der Waals surface area (Å²) in [5.74, 6) is 1.00. The van der Waals surface area contributed by atoms with Gasteiger partial charge in [0.05, 0.1) is 27.9 Å². The number of carbonyl (C=O) groups excluding carboxylic acids is 1. The van der Waals surface area contributed by atoms with Crippen LogP contribution in [0, 0.1) is 0 Å². The molecule has 0 spiro atoms. The molecule has 10 heteroatoms. The zero-order valence-electron chi connectivity index (χ0n) is 17.1. The molecule has 1 N–H and O–H groups in total. The maximum atomic E-state index is 12.9. The van der Waals surface area contributed by atoms with Crippen LogP contribution in [0.4, 0.5) is 0 Å². The Hall–Kier alpha value is -2.85. The maximum absolute atomic E-state index is 12.9. The Morgan fingerprint density at radius 1 is 1.17 bits per heavy atom. The van der Waals surface area contributed by atoms with Gasteiger partial charge in [-0.15, -0.1) is 0 Å². The average molecular weight is 436 g/mol. The lowest BCUT2D eigenvalue weighted by molar-refractivity contribution is -0.121. The van der Waals surface area contributed by atoms with Crippen molar-refractivity contribution in [3.63, 3.8) is 0 Å². The number of pyridine rings is 1. The van der Waals surface area contributed by atoms with Crippen molar-refractivity contribution in [1.29, 1.82) is 0 Å². The van der Waals surface area contributed by atoms with Crippen LogP contribution in [-0.4, -0.2) is 57.5 Å². The van der Waals surface area contributed by atoms with E-state index < -0.39 is 15.9 Å². The number of hydrogen-bond acceptors (Lipinski definition) is 7. The van der Waals surface area contributed by atoms with E-state index in [0.29, 0.717) is 17.2 Å². The molecule has 9 nitrogen and oxygen atoms in total. The number of benzene rings is 1. The predicted molar refractivity (Wildman–Crippen MR) is 109 cm³/mol. The van der Waals surface area contributed by atoms with E-state index in [9.17, 15) is 13.2 Å². The molecule has 1 aromatic heterocycles. The van der Waals surface area contributed by atoms with Crippen LogP contribution in [0.2, 0.25) is 0 Å². The molecule has 1 aromatic carbocycles. The molecule has 0 bridgehead atoms. The number of amides is 1. The zero-order chi connectivity index (χ0) is 21.7. The molecule has 162 valence electrons. The van der Waals surface area contributed by atoms with E-state index >= 15 is 0 Å². The minimum Gasteiger partial charge on any atom is -0.493 e. The fourth-order valence-corrected chi connectivity index (χ4v) is 4.65. The Labute approximate surface area is 176 Å². The summed E-state index contributed by atoms with van der Waals surface area (Å²) in [6, 6.07) is 6.33. The first kappa shape index (κ1) is 21.8. The summed E-state index contributed by atoms with van der Waals surface area (Å²) in [6.07, 6.45) is 4.27. The van der Waals surface area contributed by atoms with Gasteiger partial charge in [0, 0.05) is 25.0 Å². The van der Waals surface area contributed by atoms with Crippen molar-refractivity contribution < 1.29 is 27.4 Å². The van der Waals surface area contributed by atoms with E-state index in [1.165, 1.54) is 44.1 Å². The molecular formula is C20H25N3O6S. The van der Waals surface area contributed by atoms with Crippen molar-refractivity contribution in [2.75, 3.05) is 27.9 Å². The standard InChI is InChI=1S/C20H25N3O6S/c1-27-17-9-14(10-18(28-2)20(17)29-3)11-22-19(24)13-23(15-6-7-15)30(25,26)16-5-4-8-21-12-16/h4-5,8-10,12,15H,6-7,11,13H2,1-3H3,(H,22,24). The van der Waals surface area contributed by atoms with Gasteiger partial charge in [-0.2, -0.15) is 4.31 Å². The van der Waals surface area contributed by atoms with Gasteiger partial charge in [-0.3, -0.25) is 9.78 Å². The van der Waals surface area contributed by atoms with Gasteiger partial charge >= 0.3 is 0 Å². The lowest BCUT2D eigenvalue weighted by Gasteiger charge is -2.21. The van der Waals surface area contributed by atoms with E-state index in [2.05, 4.69) is 10.3 Å². The molecule has 1 fully saturated rings. The highest BCUT2D eigenvalue weighted by molar-refractivity contribution is 7.89. The third kappa shape index (κ3) is 4.82. The smallest absolute Gasteiger partial charge is 0.245 e. The Morgan fingerprint density at radius 3 is 2.33 bits per heavy atom. The highest BCUT2D eigenvalue weighted by Crippen LogP contribution is 2.38. The van der Waals surface area contributed by atoms with Gasteiger partial charge in [-0.05, 0) is 42.7 Å². The number of rotatable bonds is 10.